The van der Waals surface area contributed by atoms with Gasteiger partial charge < -0.3 is 14.7 Å². The molecule has 0 spiro atoms. The molecule has 10 heteroatoms. The maximum absolute atomic E-state index is 13.2. The number of aryl methyl sites for hydroxylation is 1. The average Bonchev–Trinajstić information content (AvgIpc) is 2.98. The Bertz CT molecular complexity index is 1560. The standard InChI is InChI=1S/C31H32N4O6/c1-22-19-35(30(40)33-29(22)39)20-27(36)34(21-28(37)38)18-17-32-31(23-9-5-3-6-10-23,24-11-7-4-8-12-24)25-13-15-26(41-2)16-14-25/h3-16,19,32H,17-18,20-21H2,1-2H3,(H,37,38)(H,33,39,40). The molecule has 0 aliphatic heterocycles. The number of hydrogen-bond acceptors (Lipinski definition) is 6. The lowest BCUT2D eigenvalue weighted by atomic mass is 9.77. The van der Waals surface area contributed by atoms with Gasteiger partial charge in [0, 0.05) is 24.8 Å². The topological polar surface area (TPSA) is 134 Å². The number of carboxylic acid groups (broad SMARTS) is 1. The first kappa shape index (κ1) is 29.0. The van der Waals surface area contributed by atoms with E-state index >= 15 is 0 Å². The van der Waals surface area contributed by atoms with Crippen molar-refractivity contribution in [3.63, 3.8) is 0 Å². The first-order valence-corrected chi connectivity index (χ1v) is 13.0. The number of nitrogens with zero attached hydrogens (tertiary/aromatic N) is 2. The lowest BCUT2D eigenvalue weighted by Crippen LogP contribution is -2.49. The Labute approximate surface area is 236 Å². The van der Waals surface area contributed by atoms with Crippen molar-refractivity contribution in [3.05, 3.63) is 134 Å². The van der Waals surface area contributed by atoms with Crippen molar-refractivity contribution in [2.45, 2.75) is 19.0 Å². The molecule has 1 aromatic heterocycles. The number of benzene rings is 3. The Hall–Kier alpha value is -4.96. The minimum Gasteiger partial charge on any atom is -0.497 e. The zero-order valence-electron chi connectivity index (χ0n) is 22.9. The van der Waals surface area contributed by atoms with Crippen LogP contribution in [0.3, 0.4) is 0 Å². The SMILES string of the molecule is COc1ccc(C(NCCN(CC(=O)O)C(=O)Cn2cc(C)c(=O)[nH]c2=O)(c2ccccc2)c2ccccc2)cc1. The van der Waals surface area contributed by atoms with E-state index in [4.69, 9.17) is 4.74 Å². The van der Waals surface area contributed by atoms with Gasteiger partial charge in [-0.3, -0.25) is 29.3 Å². The summed E-state index contributed by atoms with van der Waals surface area (Å²) in [6, 6.07) is 27.4. The third kappa shape index (κ3) is 6.62. The number of carbonyl (C=O) groups is 2. The van der Waals surface area contributed by atoms with Gasteiger partial charge in [0.25, 0.3) is 5.56 Å². The Morgan fingerprint density at radius 1 is 0.927 bits per heavy atom. The van der Waals surface area contributed by atoms with Crippen LogP contribution in [0.2, 0.25) is 0 Å². The molecule has 4 aromatic rings. The lowest BCUT2D eigenvalue weighted by Gasteiger charge is -2.38. The summed E-state index contributed by atoms with van der Waals surface area (Å²) in [5, 5.41) is 13.2. The summed E-state index contributed by atoms with van der Waals surface area (Å²) in [5.41, 5.74) is 0.946. The highest BCUT2D eigenvalue weighted by Gasteiger charge is 2.36. The molecule has 0 saturated heterocycles. The molecule has 1 amide bonds. The van der Waals surface area contributed by atoms with Gasteiger partial charge >= 0.3 is 11.7 Å². The summed E-state index contributed by atoms with van der Waals surface area (Å²) in [6.45, 7) is 0.812. The second-order valence-corrected chi connectivity index (χ2v) is 9.55. The molecule has 1 heterocycles. The van der Waals surface area contributed by atoms with Gasteiger partial charge in [0.2, 0.25) is 5.91 Å². The fourth-order valence-electron chi connectivity index (χ4n) is 4.84. The molecular weight excluding hydrogens is 524 g/mol. The van der Waals surface area contributed by atoms with Gasteiger partial charge in [-0.1, -0.05) is 72.8 Å². The van der Waals surface area contributed by atoms with E-state index in [-0.39, 0.29) is 18.7 Å². The molecule has 0 bridgehead atoms. The van der Waals surface area contributed by atoms with Gasteiger partial charge in [0.05, 0.1) is 12.6 Å². The molecule has 0 aliphatic carbocycles. The van der Waals surface area contributed by atoms with Gasteiger partial charge in [-0.2, -0.15) is 0 Å². The van der Waals surface area contributed by atoms with Crippen LogP contribution >= 0.6 is 0 Å². The van der Waals surface area contributed by atoms with Crippen LogP contribution in [0.25, 0.3) is 0 Å². The van der Waals surface area contributed by atoms with E-state index in [9.17, 15) is 24.3 Å². The monoisotopic (exact) mass is 556 g/mol. The number of carbonyl (C=O) groups excluding carboxylic acids is 1. The van der Waals surface area contributed by atoms with Crippen LogP contribution in [0, 0.1) is 6.92 Å². The second-order valence-electron chi connectivity index (χ2n) is 9.55. The van der Waals surface area contributed by atoms with Crippen LogP contribution in [0.1, 0.15) is 22.3 Å². The zero-order valence-corrected chi connectivity index (χ0v) is 22.9. The summed E-state index contributed by atoms with van der Waals surface area (Å²) in [7, 11) is 1.60. The highest BCUT2D eigenvalue weighted by molar-refractivity contribution is 5.81. The number of aromatic nitrogens is 2. The van der Waals surface area contributed by atoms with Crippen LogP contribution in [-0.4, -0.2) is 58.2 Å². The number of ether oxygens (including phenoxy) is 1. The molecule has 3 aromatic carbocycles. The van der Waals surface area contributed by atoms with Gasteiger partial charge in [-0.25, -0.2) is 4.79 Å². The van der Waals surface area contributed by atoms with Crippen molar-refractivity contribution in [2.75, 3.05) is 26.7 Å². The van der Waals surface area contributed by atoms with Crippen molar-refractivity contribution in [1.82, 2.24) is 19.8 Å². The van der Waals surface area contributed by atoms with Crippen LogP contribution in [0.5, 0.6) is 5.75 Å². The Balaban J connectivity index is 1.68. The summed E-state index contributed by atoms with van der Waals surface area (Å²) in [4.78, 5) is 52.2. The minimum absolute atomic E-state index is 0.0415. The number of amides is 1. The maximum Gasteiger partial charge on any atom is 0.328 e. The molecule has 0 radical (unpaired) electrons. The van der Waals surface area contributed by atoms with Crippen LogP contribution < -0.4 is 21.3 Å². The first-order valence-electron chi connectivity index (χ1n) is 13.0. The fraction of sp³-hybridized carbons (Fsp3) is 0.226. The summed E-state index contributed by atoms with van der Waals surface area (Å²) in [5.74, 6) is -1.05. The Morgan fingerprint density at radius 2 is 1.49 bits per heavy atom. The van der Waals surface area contributed by atoms with E-state index in [1.807, 2.05) is 84.9 Å². The third-order valence-electron chi connectivity index (χ3n) is 6.88. The highest BCUT2D eigenvalue weighted by atomic mass is 16.5. The van der Waals surface area contributed by atoms with Gasteiger partial charge in [0.1, 0.15) is 18.8 Å². The molecule has 0 unspecified atom stereocenters. The fourth-order valence-corrected chi connectivity index (χ4v) is 4.84. The normalized spacial score (nSPS) is 11.2. The molecule has 4 rings (SSSR count). The smallest absolute Gasteiger partial charge is 0.328 e. The van der Waals surface area contributed by atoms with Crippen molar-refractivity contribution in [1.29, 1.82) is 0 Å². The Kier molecular flexibility index (Phi) is 9.15. The number of hydrogen-bond donors (Lipinski definition) is 3. The lowest BCUT2D eigenvalue weighted by molar-refractivity contribution is -0.144. The molecule has 3 N–H and O–H groups in total. The predicted octanol–water partition coefficient (Wildman–Crippen LogP) is 2.35. The number of H-pyrrole nitrogens is 1. The zero-order chi connectivity index (χ0) is 29.4. The van der Waals surface area contributed by atoms with Crippen LogP contribution in [-0.2, 0) is 21.7 Å². The molecule has 10 nitrogen and oxygen atoms in total. The molecule has 0 saturated carbocycles. The molecule has 212 valence electrons. The number of nitrogens with one attached hydrogen (secondary N) is 2. The van der Waals surface area contributed by atoms with Gasteiger partial charge in [0.15, 0.2) is 0 Å². The molecular formula is C31H32N4O6. The van der Waals surface area contributed by atoms with Crippen molar-refractivity contribution in [2.24, 2.45) is 0 Å². The van der Waals surface area contributed by atoms with Crippen LogP contribution in [0.4, 0.5) is 0 Å². The predicted molar refractivity (Wildman–Crippen MR) is 154 cm³/mol. The number of aromatic amines is 1. The van der Waals surface area contributed by atoms with Crippen molar-refractivity contribution < 1.29 is 19.4 Å². The summed E-state index contributed by atoms with van der Waals surface area (Å²) >= 11 is 0. The number of carboxylic acids is 1. The third-order valence-corrected chi connectivity index (χ3v) is 6.88. The largest absolute Gasteiger partial charge is 0.497 e. The molecule has 0 fully saturated rings. The summed E-state index contributed by atoms with van der Waals surface area (Å²) < 4.78 is 6.44. The van der Waals surface area contributed by atoms with Gasteiger partial charge in [-0.15, -0.1) is 0 Å². The van der Waals surface area contributed by atoms with E-state index < -0.39 is 41.8 Å². The first-order chi connectivity index (χ1) is 19.7. The number of rotatable bonds is 12. The number of methoxy groups -OCH3 is 1. The number of aliphatic carboxylic acids is 1. The quantitative estimate of drug-likeness (QED) is 0.228. The molecule has 0 aliphatic rings. The molecule has 41 heavy (non-hydrogen) atoms. The van der Waals surface area contributed by atoms with E-state index in [0.717, 1.165) is 21.3 Å². The van der Waals surface area contributed by atoms with Crippen molar-refractivity contribution in [3.8, 4) is 5.75 Å². The van der Waals surface area contributed by atoms with E-state index in [0.29, 0.717) is 5.75 Å². The van der Waals surface area contributed by atoms with E-state index in [1.165, 1.54) is 18.0 Å². The van der Waals surface area contributed by atoms with Crippen molar-refractivity contribution >= 4 is 11.9 Å². The van der Waals surface area contributed by atoms with Crippen LogP contribution in [0.15, 0.2) is 101 Å². The average molecular weight is 557 g/mol. The second kappa shape index (κ2) is 12.9. The maximum atomic E-state index is 13.2. The Morgan fingerprint density at radius 3 is 2.02 bits per heavy atom. The van der Waals surface area contributed by atoms with E-state index in [2.05, 4.69) is 10.3 Å². The van der Waals surface area contributed by atoms with Gasteiger partial charge in [-0.05, 0) is 35.7 Å². The molecule has 0 atom stereocenters. The minimum atomic E-state index is -1.18. The summed E-state index contributed by atoms with van der Waals surface area (Å²) in [6.07, 6.45) is 1.29. The highest BCUT2D eigenvalue weighted by Crippen LogP contribution is 2.37. The van der Waals surface area contributed by atoms with E-state index in [1.54, 1.807) is 7.11 Å².